The Bertz CT molecular complexity index is 932. The normalized spacial score (nSPS) is 17.2. The standard InChI is InChI=1S/C21H22ClN3O/c1-2-20(26)24-13-5-8-19(24)21-23-17-6-3-4-7-18(17)25(21)14-15-9-11-16(22)12-10-15/h3-4,6-7,9-12,19H,2,5,8,13-14H2,1H3/t19-/m0/s1. The molecule has 0 spiro atoms. The van der Waals surface area contributed by atoms with E-state index in [-0.39, 0.29) is 11.9 Å². The lowest BCUT2D eigenvalue weighted by atomic mass is 10.1. The van der Waals surface area contributed by atoms with Crippen LogP contribution in [0.1, 0.15) is 43.6 Å². The van der Waals surface area contributed by atoms with Gasteiger partial charge in [-0.25, -0.2) is 4.98 Å². The number of amides is 1. The maximum atomic E-state index is 12.4. The van der Waals surface area contributed by atoms with Gasteiger partial charge in [0.25, 0.3) is 0 Å². The van der Waals surface area contributed by atoms with Gasteiger partial charge in [-0.05, 0) is 42.7 Å². The summed E-state index contributed by atoms with van der Waals surface area (Å²) in [6.45, 7) is 3.47. The van der Waals surface area contributed by atoms with E-state index in [2.05, 4.69) is 10.6 Å². The summed E-state index contributed by atoms with van der Waals surface area (Å²) < 4.78 is 2.25. The van der Waals surface area contributed by atoms with E-state index in [1.807, 2.05) is 54.3 Å². The van der Waals surface area contributed by atoms with Crippen LogP contribution in [0.4, 0.5) is 0 Å². The molecule has 0 bridgehead atoms. The highest BCUT2D eigenvalue weighted by atomic mass is 35.5. The van der Waals surface area contributed by atoms with Crippen LogP contribution in [0.25, 0.3) is 11.0 Å². The third kappa shape index (κ3) is 3.10. The summed E-state index contributed by atoms with van der Waals surface area (Å²) in [5.74, 6) is 1.19. The van der Waals surface area contributed by atoms with Gasteiger partial charge in [0.1, 0.15) is 5.82 Å². The van der Waals surface area contributed by atoms with Crippen LogP contribution in [0, 0.1) is 0 Å². The molecule has 0 saturated carbocycles. The number of carbonyl (C=O) groups is 1. The first kappa shape index (κ1) is 17.1. The highest BCUT2D eigenvalue weighted by molar-refractivity contribution is 6.30. The van der Waals surface area contributed by atoms with Crippen molar-refractivity contribution in [3.05, 3.63) is 64.9 Å². The van der Waals surface area contributed by atoms with Crippen LogP contribution in [0.5, 0.6) is 0 Å². The molecular formula is C21H22ClN3O. The molecule has 1 fully saturated rings. The lowest BCUT2D eigenvalue weighted by molar-refractivity contribution is -0.131. The fourth-order valence-corrected chi connectivity index (χ4v) is 3.95. The maximum absolute atomic E-state index is 12.4. The van der Waals surface area contributed by atoms with Crippen molar-refractivity contribution in [2.45, 2.75) is 38.8 Å². The molecule has 4 nitrogen and oxygen atoms in total. The third-order valence-electron chi connectivity index (χ3n) is 5.11. The van der Waals surface area contributed by atoms with Crippen molar-refractivity contribution in [1.29, 1.82) is 0 Å². The maximum Gasteiger partial charge on any atom is 0.222 e. The summed E-state index contributed by atoms with van der Waals surface area (Å²) in [6.07, 6.45) is 2.53. The van der Waals surface area contributed by atoms with Crippen molar-refractivity contribution < 1.29 is 4.79 Å². The van der Waals surface area contributed by atoms with Gasteiger partial charge in [-0.1, -0.05) is 42.8 Å². The Hall–Kier alpha value is -2.33. The number of carbonyl (C=O) groups excluding carboxylic acids is 1. The predicted molar refractivity (Wildman–Crippen MR) is 104 cm³/mol. The molecule has 5 heteroatoms. The average molecular weight is 368 g/mol. The summed E-state index contributed by atoms with van der Waals surface area (Å²) in [7, 11) is 0. The van der Waals surface area contributed by atoms with E-state index in [1.165, 1.54) is 5.56 Å². The molecule has 1 aliphatic rings. The van der Waals surface area contributed by atoms with Crippen molar-refractivity contribution >= 4 is 28.5 Å². The van der Waals surface area contributed by atoms with Crippen LogP contribution >= 0.6 is 11.6 Å². The van der Waals surface area contributed by atoms with Crippen molar-refractivity contribution in [1.82, 2.24) is 14.5 Å². The Kier molecular flexibility index (Phi) is 4.68. The van der Waals surface area contributed by atoms with Crippen LogP contribution < -0.4 is 0 Å². The first-order chi connectivity index (χ1) is 12.7. The van der Waals surface area contributed by atoms with E-state index in [0.717, 1.165) is 47.8 Å². The summed E-state index contributed by atoms with van der Waals surface area (Å²) in [4.78, 5) is 19.3. The molecular weight excluding hydrogens is 346 g/mol. The number of aromatic nitrogens is 2. The smallest absolute Gasteiger partial charge is 0.222 e. The van der Waals surface area contributed by atoms with Crippen molar-refractivity contribution in [3.63, 3.8) is 0 Å². The number of para-hydroxylation sites is 2. The molecule has 1 atom stereocenters. The van der Waals surface area contributed by atoms with Gasteiger partial charge in [0.15, 0.2) is 0 Å². The average Bonchev–Trinajstić information content (AvgIpc) is 3.28. The monoisotopic (exact) mass is 367 g/mol. The molecule has 3 aromatic rings. The molecule has 0 N–H and O–H groups in total. The molecule has 0 radical (unpaired) electrons. The van der Waals surface area contributed by atoms with Crippen LogP contribution in [0.15, 0.2) is 48.5 Å². The van der Waals surface area contributed by atoms with Crippen LogP contribution in [-0.4, -0.2) is 26.9 Å². The summed E-state index contributed by atoms with van der Waals surface area (Å²) in [5, 5.41) is 0.736. The number of benzene rings is 2. The van der Waals surface area contributed by atoms with Gasteiger partial charge in [-0.2, -0.15) is 0 Å². The zero-order valence-corrected chi connectivity index (χ0v) is 15.6. The molecule has 2 heterocycles. The summed E-state index contributed by atoms with van der Waals surface area (Å²) in [6, 6.07) is 16.2. The first-order valence-corrected chi connectivity index (χ1v) is 9.54. The Morgan fingerprint density at radius 2 is 1.96 bits per heavy atom. The Labute approximate surface area is 158 Å². The second-order valence-corrected chi connectivity index (χ2v) is 7.21. The molecule has 0 unspecified atom stereocenters. The van der Waals surface area contributed by atoms with E-state index in [0.29, 0.717) is 6.42 Å². The van der Waals surface area contributed by atoms with Crippen molar-refractivity contribution in [3.8, 4) is 0 Å². The Balaban J connectivity index is 1.79. The van der Waals surface area contributed by atoms with E-state index >= 15 is 0 Å². The van der Waals surface area contributed by atoms with Gasteiger partial charge in [0, 0.05) is 24.5 Å². The number of fused-ring (bicyclic) bond motifs is 1. The molecule has 4 rings (SSSR count). The lowest BCUT2D eigenvalue weighted by Gasteiger charge is -2.25. The molecule has 1 saturated heterocycles. The highest BCUT2D eigenvalue weighted by Crippen LogP contribution is 2.34. The van der Waals surface area contributed by atoms with Gasteiger partial charge in [0.05, 0.1) is 17.1 Å². The number of nitrogens with zero attached hydrogens (tertiary/aromatic N) is 3. The number of rotatable bonds is 4. The van der Waals surface area contributed by atoms with Crippen molar-refractivity contribution in [2.24, 2.45) is 0 Å². The second kappa shape index (κ2) is 7.12. The Morgan fingerprint density at radius 3 is 2.73 bits per heavy atom. The number of imidazole rings is 1. The highest BCUT2D eigenvalue weighted by Gasteiger charge is 2.32. The van der Waals surface area contributed by atoms with E-state index in [1.54, 1.807) is 0 Å². The minimum absolute atomic E-state index is 0.0575. The molecule has 1 aromatic heterocycles. The molecule has 1 aliphatic heterocycles. The van der Waals surface area contributed by atoms with Crippen LogP contribution in [0.3, 0.4) is 0 Å². The van der Waals surface area contributed by atoms with Gasteiger partial charge in [-0.3, -0.25) is 4.79 Å². The largest absolute Gasteiger partial charge is 0.333 e. The second-order valence-electron chi connectivity index (χ2n) is 6.77. The van der Waals surface area contributed by atoms with E-state index < -0.39 is 0 Å². The third-order valence-corrected chi connectivity index (χ3v) is 5.36. The van der Waals surface area contributed by atoms with Gasteiger partial charge >= 0.3 is 0 Å². The van der Waals surface area contributed by atoms with Crippen LogP contribution in [0.2, 0.25) is 5.02 Å². The molecule has 26 heavy (non-hydrogen) atoms. The summed E-state index contributed by atoms with van der Waals surface area (Å²) >= 11 is 6.03. The summed E-state index contributed by atoms with van der Waals surface area (Å²) in [5.41, 5.74) is 3.26. The van der Waals surface area contributed by atoms with Crippen LogP contribution in [-0.2, 0) is 11.3 Å². The Morgan fingerprint density at radius 1 is 1.19 bits per heavy atom. The van der Waals surface area contributed by atoms with Gasteiger partial charge < -0.3 is 9.47 Å². The molecule has 134 valence electrons. The van der Waals surface area contributed by atoms with Gasteiger partial charge in [0.2, 0.25) is 5.91 Å². The number of halogens is 1. The predicted octanol–water partition coefficient (Wildman–Crippen LogP) is 4.81. The fraction of sp³-hybridized carbons (Fsp3) is 0.333. The topological polar surface area (TPSA) is 38.1 Å². The quantitative estimate of drug-likeness (QED) is 0.663. The molecule has 2 aromatic carbocycles. The van der Waals surface area contributed by atoms with E-state index in [4.69, 9.17) is 16.6 Å². The van der Waals surface area contributed by atoms with Gasteiger partial charge in [-0.15, -0.1) is 0 Å². The first-order valence-electron chi connectivity index (χ1n) is 9.16. The molecule has 0 aliphatic carbocycles. The SMILES string of the molecule is CCC(=O)N1CCC[C@H]1c1nc2ccccc2n1Cc1ccc(Cl)cc1. The fourth-order valence-electron chi connectivity index (χ4n) is 3.82. The number of hydrogen-bond acceptors (Lipinski definition) is 2. The zero-order chi connectivity index (χ0) is 18.1. The minimum Gasteiger partial charge on any atom is -0.333 e. The number of likely N-dealkylation sites (tertiary alicyclic amines) is 1. The molecule has 1 amide bonds. The zero-order valence-electron chi connectivity index (χ0n) is 14.9. The number of hydrogen-bond donors (Lipinski definition) is 0. The lowest BCUT2D eigenvalue weighted by Crippen LogP contribution is -2.31. The van der Waals surface area contributed by atoms with Crippen molar-refractivity contribution in [2.75, 3.05) is 6.54 Å². The van der Waals surface area contributed by atoms with E-state index in [9.17, 15) is 4.79 Å². The minimum atomic E-state index is 0.0575.